The zero-order valence-corrected chi connectivity index (χ0v) is 20.6. The Labute approximate surface area is 210 Å². The topological polar surface area (TPSA) is 82.9 Å². The van der Waals surface area contributed by atoms with Crippen molar-refractivity contribution in [3.63, 3.8) is 0 Å². The second-order valence-corrected chi connectivity index (χ2v) is 10.3. The van der Waals surface area contributed by atoms with Gasteiger partial charge >= 0.3 is 5.97 Å². The van der Waals surface area contributed by atoms with E-state index in [0.717, 1.165) is 47.3 Å². The molecule has 7 heteroatoms. The fraction of sp³-hybridized carbons (Fsp3) is 0.429. The Bertz CT molecular complexity index is 1230. The van der Waals surface area contributed by atoms with Crippen molar-refractivity contribution < 1.29 is 19.7 Å². The van der Waals surface area contributed by atoms with E-state index in [9.17, 15) is 15.0 Å². The first-order valence-electron chi connectivity index (χ1n) is 12.3. The van der Waals surface area contributed by atoms with Gasteiger partial charge in [-0.05, 0) is 97.7 Å². The predicted octanol–water partition coefficient (Wildman–Crippen LogP) is 4.90. The highest BCUT2D eigenvalue weighted by Crippen LogP contribution is 2.36. The highest BCUT2D eigenvalue weighted by molar-refractivity contribution is 6.30. The zero-order valence-electron chi connectivity index (χ0n) is 19.9. The molecule has 35 heavy (non-hydrogen) atoms. The number of benzene rings is 2. The summed E-state index contributed by atoms with van der Waals surface area (Å²) in [5.41, 5.74) is 4.21. The lowest BCUT2D eigenvalue weighted by Crippen LogP contribution is -2.48. The van der Waals surface area contributed by atoms with Gasteiger partial charge in [0, 0.05) is 29.2 Å². The van der Waals surface area contributed by atoms with Crippen LogP contribution in [0.15, 0.2) is 48.7 Å². The molecule has 1 aliphatic carbocycles. The maximum atomic E-state index is 12.2. The lowest BCUT2D eigenvalue weighted by atomic mass is 9.80. The predicted molar refractivity (Wildman–Crippen MR) is 136 cm³/mol. The van der Waals surface area contributed by atoms with Crippen LogP contribution in [0.25, 0.3) is 10.9 Å². The number of nitrogens with zero attached hydrogens (tertiary/aromatic N) is 2. The molecule has 5 rings (SSSR count). The van der Waals surface area contributed by atoms with E-state index in [1.807, 2.05) is 36.4 Å². The number of likely N-dealkylation sites (tertiary alicyclic amines) is 1. The summed E-state index contributed by atoms with van der Waals surface area (Å²) in [4.78, 5) is 19.0. The number of carbonyl (C=O) groups is 1. The molecule has 0 spiro atoms. The van der Waals surface area contributed by atoms with Gasteiger partial charge in [0.2, 0.25) is 0 Å². The van der Waals surface area contributed by atoms with Crippen LogP contribution in [0.1, 0.15) is 42.1 Å². The Morgan fingerprint density at radius 2 is 2.03 bits per heavy atom. The van der Waals surface area contributed by atoms with Crippen molar-refractivity contribution in [2.24, 2.45) is 11.8 Å². The largest absolute Gasteiger partial charge is 0.497 e. The van der Waals surface area contributed by atoms with Gasteiger partial charge in [-0.15, -0.1) is 0 Å². The number of aromatic nitrogens is 1. The van der Waals surface area contributed by atoms with Crippen LogP contribution in [0.3, 0.4) is 0 Å². The van der Waals surface area contributed by atoms with Crippen LogP contribution in [0.5, 0.6) is 5.75 Å². The van der Waals surface area contributed by atoms with E-state index in [-0.39, 0.29) is 5.92 Å². The van der Waals surface area contributed by atoms with E-state index in [2.05, 4.69) is 16.0 Å². The number of methoxy groups -OCH3 is 1. The number of piperidine rings is 1. The van der Waals surface area contributed by atoms with Crippen molar-refractivity contribution in [3.05, 3.63) is 70.4 Å². The third-order valence-corrected chi connectivity index (χ3v) is 8.09. The van der Waals surface area contributed by atoms with E-state index in [0.29, 0.717) is 31.2 Å². The molecule has 3 aromatic rings. The average molecular weight is 495 g/mol. The number of aliphatic hydroxyl groups is 1. The summed E-state index contributed by atoms with van der Waals surface area (Å²) in [6, 6.07) is 13.9. The fourth-order valence-electron chi connectivity index (χ4n) is 5.90. The van der Waals surface area contributed by atoms with Gasteiger partial charge in [0.15, 0.2) is 0 Å². The van der Waals surface area contributed by atoms with Crippen LogP contribution in [-0.4, -0.2) is 52.3 Å². The Kier molecular flexibility index (Phi) is 6.96. The summed E-state index contributed by atoms with van der Waals surface area (Å²) >= 11 is 6.17. The summed E-state index contributed by atoms with van der Waals surface area (Å²) < 4.78 is 5.35. The number of rotatable bonds is 7. The van der Waals surface area contributed by atoms with Crippen molar-refractivity contribution in [3.8, 4) is 5.75 Å². The second-order valence-electron chi connectivity index (χ2n) is 9.84. The maximum absolute atomic E-state index is 12.2. The standard InChI is InChI=1S/C28H31ClN2O4/c1-35-22-5-6-26-24(15-22)23(8-10-30-26)27(32)7-3-17-9-11-31(16-25(17)28(33)34)21-13-18-2-4-20(29)12-19(18)14-21/h2,4-6,8,10,12,15,17,21,25,27,32H,3,7,9,11,13-14,16H2,1H3,(H,33,34)/t17-,21?,25+,27?/m1/s1. The summed E-state index contributed by atoms with van der Waals surface area (Å²) in [7, 11) is 1.62. The first-order chi connectivity index (χ1) is 16.9. The molecule has 1 aromatic heterocycles. The zero-order chi connectivity index (χ0) is 24.5. The SMILES string of the molecule is COc1ccc2nccc(C(O)CC[C@@H]3CCN(C4Cc5ccc(Cl)cc5C4)C[C@@H]3C(=O)O)c2c1. The molecule has 2 aromatic carbocycles. The molecule has 1 fully saturated rings. The van der Waals surface area contributed by atoms with Crippen LogP contribution < -0.4 is 4.74 Å². The first-order valence-corrected chi connectivity index (χ1v) is 12.7. The molecule has 0 radical (unpaired) electrons. The van der Waals surface area contributed by atoms with Crippen molar-refractivity contribution in [2.45, 2.75) is 44.2 Å². The number of pyridine rings is 1. The molecular formula is C28H31ClN2O4. The van der Waals surface area contributed by atoms with Crippen molar-refractivity contribution in [1.82, 2.24) is 9.88 Å². The maximum Gasteiger partial charge on any atom is 0.308 e. The summed E-state index contributed by atoms with van der Waals surface area (Å²) in [6.45, 7) is 1.43. The number of carboxylic acids is 1. The Balaban J connectivity index is 1.24. The number of carboxylic acid groups (broad SMARTS) is 1. The van der Waals surface area contributed by atoms with E-state index in [4.69, 9.17) is 16.3 Å². The van der Waals surface area contributed by atoms with Crippen LogP contribution in [-0.2, 0) is 17.6 Å². The van der Waals surface area contributed by atoms with Gasteiger partial charge in [0.05, 0.1) is 24.6 Å². The summed E-state index contributed by atoms with van der Waals surface area (Å²) in [5, 5.41) is 22.7. The molecule has 0 bridgehead atoms. The molecule has 1 aliphatic heterocycles. The fourth-order valence-corrected chi connectivity index (χ4v) is 6.09. The molecule has 4 atom stereocenters. The number of hydrogen-bond donors (Lipinski definition) is 2. The van der Waals surface area contributed by atoms with Crippen molar-refractivity contribution >= 4 is 28.5 Å². The molecule has 1 saturated heterocycles. The first kappa shape index (κ1) is 24.0. The van der Waals surface area contributed by atoms with Gasteiger partial charge in [0.25, 0.3) is 0 Å². The smallest absolute Gasteiger partial charge is 0.308 e. The number of aliphatic hydroxyl groups excluding tert-OH is 1. The molecule has 2 heterocycles. The van der Waals surface area contributed by atoms with Crippen molar-refractivity contribution in [1.29, 1.82) is 0 Å². The quantitative estimate of drug-likeness (QED) is 0.486. The molecule has 0 saturated carbocycles. The van der Waals surface area contributed by atoms with Gasteiger partial charge in [-0.1, -0.05) is 17.7 Å². The molecule has 2 unspecified atom stereocenters. The molecule has 2 N–H and O–H groups in total. The monoisotopic (exact) mass is 494 g/mol. The van der Waals surface area contributed by atoms with E-state index < -0.39 is 18.0 Å². The molecule has 6 nitrogen and oxygen atoms in total. The summed E-state index contributed by atoms with van der Waals surface area (Å²) in [6.07, 6.45) is 4.89. The molecule has 184 valence electrons. The number of halogens is 1. The normalized spacial score (nSPS) is 23.2. The highest BCUT2D eigenvalue weighted by atomic mass is 35.5. The lowest BCUT2D eigenvalue weighted by molar-refractivity contribution is -0.146. The van der Waals surface area contributed by atoms with Crippen LogP contribution in [0.4, 0.5) is 0 Å². The molecule has 0 amide bonds. The Morgan fingerprint density at radius 1 is 1.20 bits per heavy atom. The van der Waals surface area contributed by atoms with E-state index >= 15 is 0 Å². The number of aliphatic carboxylic acids is 1. The highest BCUT2D eigenvalue weighted by Gasteiger charge is 2.38. The minimum absolute atomic E-state index is 0.0410. The second kappa shape index (κ2) is 10.1. The third-order valence-electron chi connectivity index (χ3n) is 7.85. The van der Waals surface area contributed by atoms with Crippen LogP contribution in [0, 0.1) is 11.8 Å². The minimum atomic E-state index is -0.744. The van der Waals surface area contributed by atoms with Crippen LogP contribution >= 0.6 is 11.6 Å². The van der Waals surface area contributed by atoms with Crippen LogP contribution in [0.2, 0.25) is 5.02 Å². The average Bonchev–Trinajstić information content (AvgIpc) is 3.29. The Hall–Kier alpha value is -2.67. The number of hydrogen-bond acceptors (Lipinski definition) is 5. The van der Waals surface area contributed by atoms with Gasteiger partial charge in [0.1, 0.15) is 5.75 Å². The Morgan fingerprint density at radius 3 is 2.83 bits per heavy atom. The summed E-state index contributed by atoms with van der Waals surface area (Å²) in [5.74, 6) is -0.419. The van der Waals surface area contributed by atoms with E-state index in [1.54, 1.807) is 13.3 Å². The molecular weight excluding hydrogens is 464 g/mol. The minimum Gasteiger partial charge on any atom is -0.497 e. The number of fused-ring (bicyclic) bond motifs is 2. The van der Waals surface area contributed by atoms with Crippen molar-refractivity contribution in [2.75, 3.05) is 20.2 Å². The number of ether oxygens (including phenoxy) is 1. The van der Waals surface area contributed by atoms with Gasteiger partial charge < -0.3 is 14.9 Å². The van der Waals surface area contributed by atoms with Gasteiger partial charge in [-0.2, -0.15) is 0 Å². The van der Waals surface area contributed by atoms with Gasteiger partial charge in [-0.25, -0.2) is 0 Å². The van der Waals surface area contributed by atoms with Gasteiger partial charge in [-0.3, -0.25) is 14.7 Å². The third kappa shape index (κ3) is 5.01. The van der Waals surface area contributed by atoms with E-state index in [1.165, 1.54) is 11.1 Å². The molecule has 2 aliphatic rings. The lowest BCUT2D eigenvalue weighted by Gasteiger charge is -2.40.